The van der Waals surface area contributed by atoms with Crippen molar-refractivity contribution >= 4 is 11.8 Å². The summed E-state index contributed by atoms with van der Waals surface area (Å²) in [7, 11) is 1.65. The lowest BCUT2D eigenvalue weighted by Crippen LogP contribution is -2.42. The Balaban J connectivity index is 1.23. The fourth-order valence-corrected chi connectivity index (χ4v) is 4.43. The largest absolute Gasteiger partial charge is 0.497 e. The Morgan fingerprint density at radius 1 is 1.21 bits per heavy atom. The Bertz CT molecular complexity index is 1130. The fraction of sp³-hybridized carbons (Fsp3) is 0.400. The van der Waals surface area contributed by atoms with E-state index < -0.39 is 0 Å². The fourth-order valence-electron chi connectivity index (χ4n) is 4.43. The number of methoxy groups -OCH3 is 1. The summed E-state index contributed by atoms with van der Waals surface area (Å²) in [4.78, 5) is 19.4. The highest BCUT2D eigenvalue weighted by Gasteiger charge is 2.36. The molecule has 170 valence electrons. The number of anilines is 1. The molecule has 1 aromatic carbocycles. The highest BCUT2D eigenvalue weighted by Crippen LogP contribution is 2.41. The van der Waals surface area contributed by atoms with Gasteiger partial charge in [0.05, 0.1) is 19.4 Å². The minimum atomic E-state index is -0.0706. The zero-order chi connectivity index (χ0) is 22.8. The van der Waals surface area contributed by atoms with Crippen LogP contribution in [0.3, 0.4) is 0 Å². The summed E-state index contributed by atoms with van der Waals surface area (Å²) in [5, 5.41) is 12.8. The first-order valence-corrected chi connectivity index (χ1v) is 11.3. The highest BCUT2D eigenvalue weighted by molar-refractivity contribution is 5.79. The van der Waals surface area contributed by atoms with Crippen LogP contribution >= 0.6 is 0 Å². The van der Waals surface area contributed by atoms with Crippen LogP contribution < -0.4 is 15.0 Å². The SMILES string of the molecule is COc1ccc(C(NC(=O)C2CCN(c3oc(-c4ccco4)nc3C#N)CC2)C2CC2)cc1. The van der Waals surface area contributed by atoms with Gasteiger partial charge in [0.2, 0.25) is 17.5 Å². The minimum Gasteiger partial charge on any atom is -0.497 e. The van der Waals surface area contributed by atoms with E-state index in [4.69, 9.17) is 13.6 Å². The number of oxazole rings is 1. The lowest BCUT2D eigenvalue weighted by atomic mass is 9.94. The van der Waals surface area contributed by atoms with Crippen LogP contribution in [0.5, 0.6) is 5.75 Å². The van der Waals surface area contributed by atoms with Crippen LogP contribution in [0.1, 0.15) is 43.0 Å². The maximum absolute atomic E-state index is 13.1. The van der Waals surface area contributed by atoms with E-state index in [0.29, 0.717) is 43.5 Å². The molecule has 1 aliphatic heterocycles. The number of nitriles is 1. The molecule has 3 heterocycles. The third-order valence-corrected chi connectivity index (χ3v) is 6.47. The molecule has 1 atom stereocenters. The maximum atomic E-state index is 13.1. The molecule has 0 bridgehead atoms. The standard InChI is InChI=1S/C25H26N4O4/c1-31-19-8-6-17(7-9-19)22(16-4-5-16)28-23(30)18-10-12-29(13-11-18)25-20(15-26)27-24(33-25)21-3-2-14-32-21/h2-3,6-9,14,16,18,22H,4-5,10-13H2,1H3,(H,28,30). The van der Waals surface area contributed by atoms with Crippen LogP contribution in [0, 0.1) is 23.2 Å². The normalized spacial score (nSPS) is 17.4. The van der Waals surface area contributed by atoms with E-state index >= 15 is 0 Å². The number of nitrogens with one attached hydrogen (secondary N) is 1. The third kappa shape index (κ3) is 4.44. The van der Waals surface area contributed by atoms with Crippen molar-refractivity contribution < 1.29 is 18.4 Å². The lowest BCUT2D eigenvalue weighted by molar-refractivity contribution is -0.126. The van der Waals surface area contributed by atoms with E-state index in [9.17, 15) is 10.1 Å². The van der Waals surface area contributed by atoms with Crippen LogP contribution in [0.4, 0.5) is 5.88 Å². The summed E-state index contributed by atoms with van der Waals surface area (Å²) in [6.45, 7) is 1.24. The first kappa shape index (κ1) is 21.1. The van der Waals surface area contributed by atoms with E-state index in [1.54, 1.807) is 19.2 Å². The van der Waals surface area contributed by atoms with Gasteiger partial charge in [0, 0.05) is 19.0 Å². The van der Waals surface area contributed by atoms with Gasteiger partial charge in [0.1, 0.15) is 11.8 Å². The molecule has 1 aliphatic carbocycles. The number of amides is 1. The molecule has 1 saturated carbocycles. The van der Waals surface area contributed by atoms with E-state index in [1.807, 2.05) is 29.2 Å². The first-order valence-electron chi connectivity index (χ1n) is 11.3. The Labute approximate surface area is 192 Å². The molecule has 3 aromatic rings. The van der Waals surface area contributed by atoms with Crippen LogP contribution in [-0.4, -0.2) is 31.1 Å². The first-order chi connectivity index (χ1) is 16.2. The minimum absolute atomic E-state index is 0.0387. The average Bonchev–Trinajstić information content (AvgIpc) is 3.37. The summed E-state index contributed by atoms with van der Waals surface area (Å²) >= 11 is 0. The summed E-state index contributed by atoms with van der Waals surface area (Å²) in [5.74, 6) is 2.54. The maximum Gasteiger partial charge on any atom is 0.266 e. The van der Waals surface area contributed by atoms with Gasteiger partial charge >= 0.3 is 0 Å². The van der Waals surface area contributed by atoms with Crippen molar-refractivity contribution in [3.05, 3.63) is 53.9 Å². The van der Waals surface area contributed by atoms with E-state index in [2.05, 4.69) is 16.4 Å². The van der Waals surface area contributed by atoms with Gasteiger partial charge in [0.15, 0.2) is 5.76 Å². The van der Waals surface area contributed by atoms with Crippen molar-refractivity contribution in [3.8, 4) is 23.5 Å². The Kier molecular flexibility index (Phi) is 5.78. The summed E-state index contributed by atoms with van der Waals surface area (Å²) in [6.07, 6.45) is 5.18. The number of piperidine rings is 1. The molecule has 8 heteroatoms. The second-order valence-electron chi connectivity index (χ2n) is 8.62. The molecule has 0 spiro atoms. The molecule has 2 aromatic heterocycles. The van der Waals surface area contributed by atoms with Crippen LogP contribution in [0.2, 0.25) is 0 Å². The zero-order valence-corrected chi connectivity index (χ0v) is 18.5. The van der Waals surface area contributed by atoms with Crippen LogP contribution in [0.15, 0.2) is 51.5 Å². The molecule has 8 nitrogen and oxygen atoms in total. The van der Waals surface area contributed by atoms with Gasteiger partial charge in [-0.25, -0.2) is 0 Å². The van der Waals surface area contributed by atoms with Crippen molar-refractivity contribution in [2.24, 2.45) is 11.8 Å². The quantitative estimate of drug-likeness (QED) is 0.577. The molecular weight excluding hydrogens is 420 g/mol. The number of hydrogen-bond acceptors (Lipinski definition) is 7. The number of nitrogens with zero attached hydrogens (tertiary/aromatic N) is 3. The number of carbonyl (C=O) groups excluding carboxylic acids is 1. The Morgan fingerprint density at radius 2 is 1.97 bits per heavy atom. The predicted octanol–water partition coefficient (Wildman–Crippen LogP) is 4.30. The van der Waals surface area contributed by atoms with Crippen LogP contribution in [0.25, 0.3) is 11.7 Å². The van der Waals surface area contributed by atoms with Gasteiger partial charge in [-0.2, -0.15) is 10.2 Å². The molecule has 1 amide bonds. The smallest absolute Gasteiger partial charge is 0.266 e. The zero-order valence-electron chi connectivity index (χ0n) is 18.5. The molecule has 1 N–H and O–H groups in total. The average molecular weight is 447 g/mol. The van der Waals surface area contributed by atoms with Gasteiger partial charge in [-0.15, -0.1) is 0 Å². The van der Waals surface area contributed by atoms with Crippen LogP contribution in [-0.2, 0) is 4.79 Å². The van der Waals surface area contributed by atoms with Gasteiger partial charge in [-0.1, -0.05) is 12.1 Å². The topological polar surface area (TPSA) is 105 Å². The number of furan rings is 1. The third-order valence-electron chi connectivity index (χ3n) is 6.47. The predicted molar refractivity (Wildman–Crippen MR) is 120 cm³/mol. The number of ether oxygens (including phenoxy) is 1. The number of benzene rings is 1. The molecule has 2 aliphatic rings. The summed E-state index contributed by atoms with van der Waals surface area (Å²) in [6, 6.07) is 13.6. The van der Waals surface area contributed by atoms with Gasteiger partial charge in [-0.3, -0.25) is 4.79 Å². The van der Waals surface area contributed by atoms with Crippen molar-refractivity contribution in [3.63, 3.8) is 0 Å². The van der Waals surface area contributed by atoms with E-state index in [0.717, 1.165) is 24.2 Å². The van der Waals surface area contributed by atoms with E-state index in [1.165, 1.54) is 6.26 Å². The molecule has 1 unspecified atom stereocenters. The number of aromatic nitrogens is 1. The molecule has 5 rings (SSSR count). The number of hydrogen-bond donors (Lipinski definition) is 1. The molecule has 2 fully saturated rings. The molecule has 0 radical (unpaired) electrons. The second kappa shape index (κ2) is 9.02. The molecule has 33 heavy (non-hydrogen) atoms. The van der Waals surface area contributed by atoms with E-state index in [-0.39, 0.29) is 29.5 Å². The summed E-state index contributed by atoms with van der Waals surface area (Å²) in [5.41, 5.74) is 1.35. The Morgan fingerprint density at radius 3 is 2.58 bits per heavy atom. The molecule has 1 saturated heterocycles. The number of rotatable bonds is 7. The monoisotopic (exact) mass is 446 g/mol. The molecular formula is C25H26N4O4. The second-order valence-corrected chi connectivity index (χ2v) is 8.62. The Hall–Kier alpha value is -3.73. The summed E-state index contributed by atoms with van der Waals surface area (Å²) < 4.78 is 16.4. The van der Waals surface area contributed by atoms with Gasteiger partial charge < -0.3 is 23.8 Å². The van der Waals surface area contributed by atoms with Crippen molar-refractivity contribution in [1.29, 1.82) is 5.26 Å². The number of carbonyl (C=O) groups is 1. The van der Waals surface area contributed by atoms with Crippen molar-refractivity contribution in [1.82, 2.24) is 10.3 Å². The van der Waals surface area contributed by atoms with Gasteiger partial charge in [0.25, 0.3) is 5.89 Å². The van der Waals surface area contributed by atoms with Gasteiger partial charge in [-0.05, 0) is 61.4 Å². The van der Waals surface area contributed by atoms with Crippen molar-refractivity contribution in [2.45, 2.75) is 31.7 Å². The van der Waals surface area contributed by atoms with Crippen molar-refractivity contribution in [2.75, 3.05) is 25.1 Å². The highest BCUT2D eigenvalue weighted by atomic mass is 16.5. The lowest BCUT2D eigenvalue weighted by Gasteiger charge is -2.32.